The zero-order chi connectivity index (χ0) is 5.98. The summed E-state index contributed by atoms with van der Waals surface area (Å²) in [6.45, 7) is 2.08. The van der Waals surface area contributed by atoms with Crippen LogP contribution in [-0.2, 0) is 25.8 Å². The van der Waals surface area contributed by atoms with Crippen molar-refractivity contribution in [2.24, 2.45) is 0 Å². The summed E-state index contributed by atoms with van der Waals surface area (Å²) in [7, 11) is 5.54. The van der Waals surface area contributed by atoms with Gasteiger partial charge in [-0.3, -0.25) is 7.05 Å². The van der Waals surface area contributed by atoms with Crippen molar-refractivity contribution in [3.63, 3.8) is 0 Å². The number of nitrogens with zero attached hydrogens (tertiary/aromatic N) is 1. The Morgan fingerprint density at radius 3 is 2.56 bits per heavy atom. The van der Waals surface area contributed by atoms with Crippen LogP contribution in [0.3, 0.4) is 0 Å². The quantitative estimate of drug-likeness (QED) is 0.654. The molecule has 1 atom stereocenters. The molecule has 0 aromatic rings. The minimum Gasteiger partial charge on any atom is -0.457 e. The fourth-order valence-electron chi connectivity index (χ4n) is 0.990. The molecule has 0 spiro atoms. The van der Waals surface area contributed by atoms with Gasteiger partial charge in [-0.1, -0.05) is 0 Å². The fraction of sp³-hybridized carbons (Fsp3) is 0.833. The Morgan fingerprint density at radius 2 is 2.33 bits per heavy atom. The molecule has 0 bridgehead atoms. The summed E-state index contributed by atoms with van der Waals surface area (Å²) in [5.41, 5.74) is 0. The average molecular weight is 298 g/mol. The molecule has 0 saturated carbocycles. The van der Waals surface area contributed by atoms with Crippen LogP contribution in [0, 0.1) is 7.05 Å². The van der Waals surface area contributed by atoms with Gasteiger partial charge in [0, 0.05) is 28.2 Å². The van der Waals surface area contributed by atoms with Gasteiger partial charge in [0.1, 0.15) is 0 Å². The molecule has 2 nitrogen and oxygen atoms in total. The number of likely N-dealkylation sites (tertiary alicyclic amines) is 1. The second-order valence-corrected chi connectivity index (χ2v) is 2.22. The van der Waals surface area contributed by atoms with E-state index in [0.29, 0.717) is 6.10 Å². The Morgan fingerprint density at radius 1 is 1.67 bits per heavy atom. The van der Waals surface area contributed by atoms with Gasteiger partial charge in [0.15, 0.2) is 0 Å². The first-order valence-electron chi connectivity index (χ1n) is 2.91. The molecule has 1 fully saturated rings. The third-order valence-corrected chi connectivity index (χ3v) is 1.56. The molecular weight excluding hydrogens is 286 g/mol. The summed E-state index contributed by atoms with van der Waals surface area (Å²) in [5.74, 6) is 0. The van der Waals surface area contributed by atoms with Gasteiger partial charge in [-0.2, -0.15) is 0 Å². The first-order chi connectivity index (χ1) is 3.83. The topological polar surface area (TPSA) is 12.5 Å². The Kier molecular flexibility index (Phi) is 4.73. The van der Waals surface area contributed by atoms with E-state index in [1.54, 1.807) is 7.11 Å². The summed E-state index contributed by atoms with van der Waals surface area (Å²) in [6.07, 6.45) is 1.58. The van der Waals surface area contributed by atoms with Crippen LogP contribution in [0.1, 0.15) is 6.42 Å². The molecule has 1 saturated heterocycles. The molecule has 1 unspecified atom stereocenters. The smallest absolute Gasteiger partial charge is 0.0685 e. The molecule has 0 aliphatic carbocycles. The molecule has 0 aromatic heterocycles. The largest absolute Gasteiger partial charge is 0.457 e. The number of methoxy groups -OCH3 is 1. The van der Waals surface area contributed by atoms with Crippen LogP contribution in [0.15, 0.2) is 0 Å². The van der Waals surface area contributed by atoms with Gasteiger partial charge in [0.2, 0.25) is 0 Å². The monoisotopic (exact) mass is 298 g/mol. The molecule has 0 N–H and O–H groups in total. The molecule has 0 radical (unpaired) electrons. The number of hydrogen-bond acceptors (Lipinski definition) is 2. The van der Waals surface area contributed by atoms with Crippen LogP contribution < -0.4 is 0 Å². The molecule has 1 aliphatic heterocycles. The van der Waals surface area contributed by atoms with E-state index in [1.807, 2.05) is 4.90 Å². The van der Waals surface area contributed by atoms with Gasteiger partial charge in [0.05, 0.1) is 6.10 Å². The summed E-state index contributed by atoms with van der Waals surface area (Å²) < 4.78 is 5.10. The van der Waals surface area contributed by atoms with Gasteiger partial charge < -0.3 is 9.64 Å². The van der Waals surface area contributed by atoms with E-state index < -0.39 is 0 Å². The summed E-state index contributed by atoms with van der Waals surface area (Å²) in [6, 6.07) is 0. The van der Waals surface area contributed by atoms with Crippen LogP contribution in [0.2, 0.25) is 0 Å². The van der Waals surface area contributed by atoms with E-state index in [4.69, 9.17) is 4.74 Å². The second kappa shape index (κ2) is 4.43. The maximum Gasteiger partial charge on any atom is 0.0685 e. The van der Waals surface area contributed by atoms with Crippen molar-refractivity contribution in [2.45, 2.75) is 12.5 Å². The van der Waals surface area contributed by atoms with Crippen LogP contribution in [0.5, 0.6) is 0 Å². The Labute approximate surface area is 70.8 Å². The minimum absolute atomic E-state index is 0. The molecule has 1 aliphatic rings. The Hall–Kier alpha value is 0.608. The van der Waals surface area contributed by atoms with Gasteiger partial charge in [-0.05, 0) is 19.5 Å². The summed E-state index contributed by atoms with van der Waals surface area (Å²) in [4.78, 5) is 2.04. The number of rotatable bonds is 1. The molecule has 9 heavy (non-hydrogen) atoms. The third kappa shape index (κ3) is 2.79. The molecule has 0 amide bonds. The van der Waals surface area contributed by atoms with Crippen LogP contribution in [-0.4, -0.2) is 31.2 Å². The van der Waals surface area contributed by atoms with Crippen molar-refractivity contribution in [1.29, 1.82) is 0 Å². The Bertz CT molecular complexity index is 79.5. The number of ether oxygens (including phenoxy) is 1. The van der Waals surface area contributed by atoms with E-state index >= 15 is 0 Å². The van der Waals surface area contributed by atoms with Crippen LogP contribution >= 0.6 is 0 Å². The predicted octanol–water partition coefficient (Wildman–Crippen LogP) is 0.496. The first kappa shape index (κ1) is 9.61. The average Bonchev–Trinajstić information content (AvgIpc) is 2.14. The molecule has 1 rings (SSSR count). The van der Waals surface area contributed by atoms with Crippen molar-refractivity contribution in [3.05, 3.63) is 7.05 Å². The first-order valence-corrected chi connectivity index (χ1v) is 2.91. The molecule has 0 aromatic carbocycles. The van der Waals surface area contributed by atoms with Crippen molar-refractivity contribution in [2.75, 3.05) is 20.2 Å². The van der Waals surface area contributed by atoms with Crippen molar-refractivity contribution >= 4 is 0 Å². The van der Waals surface area contributed by atoms with Gasteiger partial charge in [-0.25, -0.2) is 0 Å². The molecule has 54 valence electrons. The van der Waals surface area contributed by atoms with Crippen molar-refractivity contribution in [3.8, 4) is 0 Å². The fourth-order valence-corrected chi connectivity index (χ4v) is 0.990. The summed E-state index contributed by atoms with van der Waals surface area (Å²) >= 11 is 0. The van der Waals surface area contributed by atoms with E-state index in [0.717, 1.165) is 19.5 Å². The van der Waals surface area contributed by atoms with Crippen molar-refractivity contribution in [1.82, 2.24) is 4.90 Å². The van der Waals surface area contributed by atoms with Gasteiger partial charge >= 0.3 is 0 Å². The van der Waals surface area contributed by atoms with Crippen LogP contribution in [0.25, 0.3) is 0 Å². The molecule has 3 heteroatoms. The minimum atomic E-state index is 0. The van der Waals surface area contributed by atoms with E-state index in [-0.39, 0.29) is 21.1 Å². The number of hydrogen-bond donors (Lipinski definition) is 0. The Balaban J connectivity index is 0.000000640. The van der Waals surface area contributed by atoms with E-state index in [2.05, 4.69) is 7.05 Å². The third-order valence-electron chi connectivity index (χ3n) is 1.56. The SMILES string of the molecule is [CH2-]N1CCC(OC)C1.[W]. The van der Waals surface area contributed by atoms with Gasteiger partial charge in [-0.15, -0.1) is 0 Å². The maximum atomic E-state index is 5.10. The van der Waals surface area contributed by atoms with Crippen molar-refractivity contribution < 1.29 is 25.8 Å². The zero-order valence-corrected chi connectivity index (χ0v) is 8.60. The molecule has 1 heterocycles. The maximum absolute atomic E-state index is 5.10. The van der Waals surface area contributed by atoms with Gasteiger partial charge in [0.25, 0.3) is 0 Å². The standard InChI is InChI=1S/C6H12NO.W/c1-7-4-3-6(5-7)8-2;/h6H,1,3-5H2,2H3;/q-1;. The normalized spacial score (nSPS) is 28.0. The predicted molar refractivity (Wildman–Crippen MR) is 32.3 cm³/mol. The molecular formula is C6H12NOW-. The van der Waals surface area contributed by atoms with E-state index in [1.165, 1.54) is 0 Å². The van der Waals surface area contributed by atoms with Crippen LogP contribution in [0.4, 0.5) is 0 Å². The second-order valence-electron chi connectivity index (χ2n) is 2.22. The summed E-state index contributed by atoms with van der Waals surface area (Å²) in [5, 5.41) is 0. The van der Waals surface area contributed by atoms with E-state index in [9.17, 15) is 0 Å². The zero-order valence-electron chi connectivity index (χ0n) is 5.67.